The molecule has 3 heteroatoms. The Hall–Kier alpha value is -1.53. The Morgan fingerprint density at radius 2 is 1.93 bits per heavy atom. The first-order valence-electron chi connectivity index (χ1n) is 4.46. The summed E-state index contributed by atoms with van der Waals surface area (Å²) in [6, 6.07) is 9.70. The molecule has 0 bridgehead atoms. The van der Waals surface area contributed by atoms with Gasteiger partial charge in [0.25, 0.3) is 0 Å². The number of nitriles is 1. The third kappa shape index (κ3) is 3.46. The zero-order valence-electron chi connectivity index (χ0n) is 8.53. The van der Waals surface area contributed by atoms with E-state index in [0.717, 1.165) is 11.3 Å². The van der Waals surface area contributed by atoms with E-state index in [1.54, 1.807) is 0 Å². The first-order chi connectivity index (χ1) is 6.72. The maximum Gasteiger partial charge on any atom is 0.141 e. The molecule has 0 radical (unpaired) electrons. The Morgan fingerprint density at radius 1 is 1.29 bits per heavy atom. The molecule has 0 amide bonds. The molecule has 0 atom stereocenters. The van der Waals surface area contributed by atoms with Crippen LogP contribution in [0.2, 0.25) is 0 Å². The third-order valence-corrected chi connectivity index (χ3v) is 1.70. The van der Waals surface area contributed by atoms with Crippen molar-refractivity contribution in [3.63, 3.8) is 0 Å². The predicted molar refractivity (Wildman–Crippen MR) is 54.9 cm³/mol. The van der Waals surface area contributed by atoms with E-state index in [2.05, 4.69) is 6.07 Å². The number of ether oxygens (including phenoxy) is 1. The lowest BCUT2D eigenvalue weighted by Crippen LogP contribution is -2.18. The van der Waals surface area contributed by atoms with Crippen molar-refractivity contribution in [1.82, 2.24) is 4.90 Å². The monoisotopic (exact) mass is 190 g/mol. The highest BCUT2D eigenvalue weighted by atomic mass is 16.5. The third-order valence-electron chi connectivity index (χ3n) is 1.70. The van der Waals surface area contributed by atoms with Crippen molar-refractivity contribution >= 4 is 0 Å². The van der Waals surface area contributed by atoms with E-state index in [9.17, 15) is 0 Å². The normalized spacial score (nSPS) is 9.86. The van der Waals surface area contributed by atoms with E-state index < -0.39 is 0 Å². The fraction of sp³-hybridized carbons (Fsp3) is 0.364. The van der Waals surface area contributed by atoms with Crippen LogP contribution in [0.1, 0.15) is 5.56 Å². The van der Waals surface area contributed by atoms with Crippen LogP contribution in [0.5, 0.6) is 5.75 Å². The van der Waals surface area contributed by atoms with Crippen LogP contribution in [0.15, 0.2) is 24.3 Å². The summed E-state index contributed by atoms with van der Waals surface area (Å²) < 4.78 is 5.44. The maximum atomic E-state index is 8.48. The summed E-state index contributed by atoms with van der Waals surface area (Å²) in [4.78, 5) is 1.95. The van der Waals surface area contributed by atoms with Crippen molar-refractivity contribution in [3.8, 4) is 11.8 Å². The second kappa shape index (κ2) is 5.25. The van der Waals surface area contributed by atoms with Crippen molar-refractivity contribution in [1.29, 1.82) is 5.26 Å². The van der Waals surface area contributed by atoms with Crippen LogP contribution in [0.3, 0.4) is 0 Å². The van der Waals surface area contributed by atoms with Gasteiger partial charge in [-0.3, -0.25) is 4.90 Å². The van der Waals surface area contributed by atoms with Gasteiger partial charge < -0.3 is 4.74 Å². The summed E-state index contributed by atoms with van der Waals surface area (Å²) in [6.45, 7) is 0.567. The fourth-order valence-electron chi connectivity index (χ4n) is 0.998. The molecule has 0 saturated carbocycles. The van der Waals surface area contributed by atoms with Gasteiger partial charge in [0.05, 0.1) is 12.5 Å². The van der Waals surface area contributed by atoms with E-state index in [1.165, 1.54) is 0 Å². The van der Waals surface area contributed by atoms with Crippen LogP contribution in [0.4, 0.5) is 0 Å². The lowest BCUT2D eigenvalue weighted by Gasteiger charge is -2.11. The Morgan fingerprint density at radius 3 is 2.43 bits per heavy atom. The van der Waals surface area contributed by atoms with Crippen molar-refractivity contribution in [2.75, 3.05) is 20.8 Å². The summed E-state index contributed by atoms with van der Waals surface area (Å²) in [5, 5.41) is 8.48. The van der Waals surface area contributed by atoms with Gasteiger partial charge in [0, 0.05) is 0 Å². The molecule has 74 valence electrons. The van der Waals surface area contributed by atoms with Gasteiger partial charge in [-0.15, -0.1) is 0 Å². The number of nitrogens with zero attached hydrogens (tertiary/aromatic N) is 2. The lowest BCUT2D eigenvalue weighted by atomic mass is 10.2. The molecule has 0 saturated heterocycles. The molecule has 0 aromatic heterocycles. The van der Waals surface area contributed by atoms with Crippen LogP contribution >= 0.6 is 0 Å². The summed E-state index contributed by atoms with van der Waals surface area (Å²) >= 11 is 0. The maximum absolute atomic E-state index is 8.48. The fourth-order valence-corrected chi connectivity index (χ4v) is 0.998. The van der Waals surface area contributed by atoms with Crippen LogP contribution in [-0.4, -0.2) is 25.7 Å². The zero-order valence-corrected chi connectivity index (χ0v) is 8.53. The molecule has 1 rings (SSSR count). The number of hydrogen-bond donors (Lipinski definition) is 0. The highest BCUT2D eigenvalue weighted by Gasteiger charge is 1.95. The van der Waals surface area contributed by atoms with Gasteiger partial charge in [0.15, 0.2) is 0 Å². The molecule has 1 aromatic rings. The van der Waals surface area contributed by atoms with Gasteiger partial charge in [0.2, 0.25) is 0 Å². The SMILES string of the molecule is CN(C)COc1ccc(CC#N)cc1. The smallest absolute Gasteiger partial charge is 0.141 e. The minimum Gasteiger partial charge on any atom is -0.478 e. The van der Waals surface area contributed by atoms with Gasteiger partial charge in [-0.1, -0.05) is 12.1 Å². The van der Waals surface area contributed by atoms with E-state index in [-0.39, 0.29) is 0 Å². The number of benzene rings is 1. The largest absolute Gasteiger partial charge is 0.478 e. The minimum atomic E-state index is 0.452. The summed E-state index contributed by atoms with van der Waals surface area (Å²) in [5.74, 6) is 0.834. The average molecular weight is 190 g/mol. The molecule has 0 aliphatic carbocycles. The van der Waals surface area contributed by atoms with Crippen molar-refractivity contribution in [3.05, 3.63) is 29.8 Å². The lowest BCUT2D eigenvalue weighted by molar-refractivity contribution is 0.179. The molecule has 0 spiro atoms. The number of rotatable bonds is 4. The van der Waals surface area contributed by atoms with Crippen LogP contribution < -0.4 is 4.74 Å². The molecular weight excluding hydrogens is 176 g/mol. The van der Waals surface area contributed by atoms with Crippen LogP contribution in [-0.2, 0) is 6.42 Å². The first kappa shape index (κ1) is 10.6. The minimum absolute atomic E-state index is 0.452. The molecule has 0 aliphatic heterocycles. The first-order valence-corrected chi connectivity index (χ1v) is 4.46. The average Bonchev–Trinajstić information content (AvgIpc) is 2.17. The van der Waals surface area contributed by atoms with E-state index in [0.29, 0.717) is 13.2 Å². The molecule has 0 N–H and O–H groups in total. The quantitative estimate of drug-likeness (QED) is 0.677. The van der Waals surface area contributed by atoms with Gasteiger partial charge in [0.1, 0.15) is 12.5 Å². The van der Waals surface area contributed by atoms with Crippen molar-refractivity contribution in [2.24, 2.45) is 0 Å². The van der Waals surface area contributed by atoms with Gasteiger partial charge >= 0.3 is 0 Å². The van der Waals surface area contributed by atoms with Gasteiger partial charge in [-0.2, -0.15) is 5.26 Å². The van der Waals surface area contributed by atoms with Crippen molar-refractivity contribution < 1.29 is 4.74 Å². The molecule has 1 aromatic carbocycles. The topological polar surface area (TPSA) is 36.3 Å². The van der Waals surface area contributed by atoms with Crippen LogP contribution in [0.25, 0.3) is 0 Å². The van der Waals surface area contributed by atoms with Crippen molar-refractivity contribution in [2.45, 2.75) is 6.42 Å². The molecule has 3 nitrogen and oxygen atoms in total. The van der Waals surface area contributed by atoms with E-state index >= 15 is 0 Å². The zero-order chi connectivity index (χ0) is 10.4. The summed E-state index contributed by atoms with van der Waals surface area (Å²) in [5.41, 5.74) is 1.02. The van der Waals surface area contributed by atoms with E-state index in [4.69, 9.17) is 10.00 Å². The summed E-state index contributed by atoms with van der Waals surface area (Å²) in [6.07, 6.45) is 0.452. The highest BCUT2D eigenvalue weighted by molar-refractivity contribution is 5.28. The van der Waals surface area contributed by atoms with E-state index in [1.807, 2.05) is 43.3 Å². The Balaban J connectivity index is 2.52. The molecule has 0 aliphatic rings. The molecule has 14 heavy (non-hydrogen) atoms. The Bertz CT molecular complexity index is 311. The second-order valence-electron chi connectivity index (χ2n) is 3.33. The molecule has 0 fully saturated rings. The molecular formula is C11H14N2O. The molecule has 0 unspecified atom stereocenters. The summed E-state index contributed by atoms with van der Waals surface area (Å²) in [7, 11) is 3.90. The van der Waals surface area contributed by atoms with Gasteiger partial charge in [-0.05, 0) is 31.8 Å². The standard InChI is InChI=1S/C11H14N2O/c1-13(2)9-14-11-5-3-10(4-6-11)7-8-12/h3-6H,7,9H2,1-2H3. The van der Waals surface area contributed by atoms with Gasteiger partial charge in [-0.25, -0.2) is 0 Å². The predicted octanol–water partition coefficient (Wildman–Crippen LogP) is 1.65. The van der Waals surface area contributed by atoms with Crippen LogP contribution in [0, 0.1) is 11.3 Å². The molecule has 0 heterocycles. The Kier molecular flexibility index (Phi) is 3.96. The highest BCUT2D eigenvalue weighted by Crippen LogP contribution is 2.12. The second-order valence-corrected chi connectivity index (χ2v) is 3.33. The Labute approximate surface area is 84.5 Å². The number of hydrogen-bond acceptors (Lipinski definition) is 3.